The zero-order valence-corrected chi connectivity index (χ0v) is 15.1. The van der Waals surface area contributed by atoms with Gasteiger partial charge in [0.2, 0.25) is 0 Å². The van der Waals surface area contributed by atoms with Crippen LogP contribution in [0.3, 0.4) is 0 Å². The molecule has 1 saturated carbocycles. The molecule has 4 nitrogen and oxygen atoms in total. The highest BCUT2D eigenvalue weighted by Gasteiger charge is 2.33. The summed E-state index contributed by atoms with van der Waals surface area (Å²) in [5.41, 5.74) is 2.41. The van der Waals surface area contributed by atoms with Crippen LogP contribution in [0.4, 0.5) is 4.39 Å². The van der Waals surface area contributed by atoms with Gasteiger partial charge in [-0.1, -0.05) is 42.5 Å². The van der Waals surface area contributed by atoms with Gasteiger partial charge in [0.15, 0.2) is 5.82 Å². The first-order valence-electron chi connectivity index (χ1n) is 9.04. The number of hydrogen-bond acceptors (Lipinski definition) is 3. The highest BCUT2D eigenvalue weighted by Crippen LogP contribution is 2.38. The Kier molecular flexibility index (Phi) is 4.55. The van der Waals surface area contributed by atoms with E-state index in [4.69, 9.17) is 0 Å². The molecule has 134 valence electrons. The van der Waals surface area contributed by atoms with E-state index >= 15 is 0 Å². The van der Waals surface area contributed by atoms with Crippen LogP contribution in [0.5, 0.6) is 0 Å². The van der Waals surface area contributed by atoms with Gasteiger partial charge in [-0.05, 0) is 48.9 Å². The van der Waals surface area contributed by atoms with E-state index in [0.29, 0.717) is 12.0 Å². The first-order chi connectivity index (χ1) is 12.6. The third-order valence-corrected chi connectivity index (χ3v) is 5.40. The van der Waals surface area contributed by atoms with Crippen molar-refractivity contribution < 1.29 is 4.39 Å². The number of rotatable bonds is 5. The molecule has 0 radical (unpaired) electrons. The molecule has 2 aromatic carbocycles. The summed E-state index contributed by atoms with van der Waals surface area (Å²) in [4.78, 5) is 0. The smallest absolute Gasteiger partial charge is 0.154 e. The summed E-state index contributed by atoms with van der Waals surface area (Å²) in [6.45, 7) is 1.96. The van der Waals surface area contributed by atoms with Crippen LogP contribution in [0, 0.1) is 12.7 Å². The Labute approximate surface area is 153 Å². The molecule has 1 atom stereocenters. The van der Waals surface area contributed by atoms with Crippen molar-refractivity contribution in [1.82, 2.24) is 20.1 Å². The highest BCUT2D eigenvalue weighted by molar-refractivity contribution is 5.27. The van der Waals surface area contributed by atoms with Crippen molar-refractivity contribution in [2.75, 3.05) is 0 Å². The second-order valence-electron chi connectivity index (χ2n) is 7.09. The molecule has 1 unspecified atom stereocenters. The van der Waals surface area contributed by atoms with Crippen molar-refractivity contribution in [1.29, 1.82) is 0 Å². The minimum atomic E-state index is -0.176. The fourth-order valence-electron chi connectivity index (χ4n) is 3.64. The van der Waals surface area contributed by atoms with E-state index in [1.54, 1.807) is 12.1 Å². The molecule has 0 bridgehead atoms. The molecule has 0 aliphatic heterocycles. The van der Waals surface area contributed by atoms with E-state index < -0.39 is 0 Å². The Balaban J connectivity index is 1.50. The molecule has 26 heavy (non-hydrogen) atoms. The third-order valence-electron chi connectivity index (χ3n) is 5.40. The maximum Gasteiger partial charge on any atom is 0.154 e. The van der Waals surface area contributed by atoms with Crippen molar-refractivity contribution in [3.8, 4) is 0 Å². The molecule has 0 spiro atoms. The molecule has 1 N–H and O–H groups in total. The summed E-state index contributed by atoms with van der Waals surface area (Å²) in [6.07, 6.45) is 2.09. The lowest BCUT2D eigenvalue weighted by Crippen LogP contribution is -2.43. The van der Waals surface area contributed by atoms with Crippen LogP contribution in [0.15, 0.2) is 54.6 Å². The van der Waals surface area contributed by atoms with Gasteiger partial charge in [0.05, 0.1) is 6.04 Å². The summed E-state index contributed by atoms with van der Waals surface area (Å²) in [7, 11) is 2.00. The highest BCUT2D eigenvalue weighted by atomic mass is 19.1. The normalized spacial score (nSPS) is 20.6. The molecule has 1 aliphatic rings. The number of nitrogens with one attached hydrogen (secondary N) is 1. The van der Waals surface area contributed by atoms with Crippen LogP contribution in [0.1, 0.15) is 47.6 Å². The van der Waals surface area contributed by atoms with Crippen LogP contribution >= 0.6 is 0 Å². The number of halogens is 1. The van der Waals surface area contributed by atoms with Crippen molar-refractivity contribution in [2.45, 2.75) is 37.8 Å². The Morgan fingerprint density at radius 3 is 2.35 bits per heavy atom. The predicted molar refractivity (Wildman–Crippen MR) is 99.3 cm³/mol. The van der Waals surface area contributed by atoms with Gasteiger partial charge in [0, 0.05) is 13.1 Å². The van der Waals surface area contributed by atoms with E-state index in [1.165, 1.54) is 11.1 Å². The molecule has 4 rings (SSSR count). The van der Waals surface area contributed by atoms with E-state index in [-0.39, 0.29) is 11.9 Å². The van der Waals surface area contributed by atoms with E-state index in [9.17, 15) is 4.39 Å². The lowest BCUT2D eigenvalue weighted by atomic mass is 9.75. The van der Waals surface area contributed by atoms with Gasteiger partial charge in [-0.25, -0.2) is 4.39 Å². The molecule has 0 amide bonds. The van der Waals surface area contributed by atoms with E-state index in [0.717, 1.165) is 24.5 Å². The Morgan fingerprint density at radius 1 is 1.04 bits per heavy atom. The quantitative estimate of drug-likeness (QED) is 0.759. The second-order valence-corrected chi connectivity index (χ2v) is 7.09. The van der Waals surface area contributed by atoms with Crippen molar-refractivity contribution in [2.24, 2.45) is 7.05 Å². The molecule has 1 fully saturated rings. The molecule has 1 heterocycles. The molecule has 3 aromatic rings. The molecule has 5 heteroatoms. The number of hydrogen-bond donors (Lipinski definition) is 1. The molecule has 1 aromatic heterocycles. The average molecular weight is 350 g/mol. The van der Waals surface area contributed by atoms with Gasteiger partial charge in [-0.3, -0.25) is 0 Å². The molecular weight excluding hydrogens is 327 g/mol. The van der Waals surface area contributed by atoms with Gasteiger partial charge in [0.1, 0.15) is 11.6 Å². The Morgan fingerprint density at radius 2 is 1.73 bits per heavy atom. The van der Waals surface area contributed by atoms with Gasteiger partial charge in [0.25, 0.3) is 0 Å². The minimum Gasteiger partial charge on any atom is -0.317 e. The molecular formula is C21H23FN4. The zero-order chi connectivity index (χ0) is 18.1. The first-order valence-corrected chi connectivity index (χ1v) is 9.04. The minimum absolute atomic E-state index is 0.0153. The summed E-state index contributed by atoms with van der Waals surface area (Å²) >= 11 is 0. The lowest BCUT2D eigenvalue weighted by molar-refractivity contribution is 0.272. The maximum atomic E-state index is 13.1. The van der Waals surface area contributed by atoms with Gasteiger partial charge in [-0.2, -0.15) is 0 Å². The van der Waals surface area contributed by atoms with Gasteiger partial charge in [-0.15, -0.1) is 10.2 Å². The standard InChI is InChI=1S/C21H23FN4/c1-14-24-25-21(26(14)2)20(16-6-4-3-5-7-16)23-19-12-17(13-19)15-8-10-18(22)11-9-15/h3-11,17,19-20,23H,12-13H2,1-2H3. The predicted octanol–water partition coefficient (Wildman–Crippen LogP) is 3.89. The number of aryl methyl sites for hydroxylation is 1. The summed E-state index contributed by atoms with van der Waals surface area (Å²) < 4.78 is 15.2. The third kappa shape index (κ3) is 3.27. The van der Waals surface area contributed by atoms with Crippen molar-refractivity contribution in [3.63, 3.8) is 0 Å². The Hall–Kier alpha value is -2.53. The number of benzene rings is 2. The topological polar surface area (TPSA) is 42.7 Å². The maximum absolute atomic E-state index is 13.1. The summed E-state index contributed by atoms with van der Waals surface area (Å²) in [6, 6.07) is 17.7. The van der Waals surface area contributed by atoms with Crippen LogP contribution in [-0.4, -0.2) is 20.8 Å². The van der Waals surface area contributed by atoms with E-state index in [2.05, 4.69) is 39.8 Å². The van der Waals surface area contributed by atoms with Gasteiger partial charge < -0.3 is 9.88 Å². The fourth-order valence-corrected chi connectivity index (χ4v) is 3.64. The Bertz CT molecular complexity index is 867. The largest absolute Gasteiger partial charge is 0.317 e. The average Bonchev–Trinajstić information content (AvgIpc) is 2.95. The monoisotopic (exact) mass is 350 g/mol. The van der Waals surface area contributed by atoms with E-state index in [1.807, 2.05) is 36.7 Å². The summed E-state index contributed by atoms with van der Waals surface area (Å²) in [5, 5.41) is 12.4. The fraction of sp³-hybridized carbons (Fsp3) is 0.333. The number of nitrogens with zero attached hydrogens (tertiary/aromatic N) is 3. The SMILES string of the molecule is Cc1nnc(C(NC2CC(c3ccc(F)cc3)C2)c2ccccc2)n1C. The van der Waals surface area contributed by atoms with Crippen molar-refractivity contribution in [3.05, 3.63) is 83.2 Å². The van der Waals surface area contributed by atoms with Gasteiger partial charge >= 0.3 is 0 Å². The van der Waals surface area contributed by atoms with Crippen LogP contribution in [0.25, 0.3) is 0 Å². The van der Waals surface area contributed by atoms with Crippen molar-refractivity contribution >= 4 is 0 Å². The number of aromatic nitrogens is 3. The van der Waals surface area contributed by atoms with Crippen LogP contribution < -0.4 is 5.32 Å². The van der Waals surface area contributed by atoms with Crippen LogP contribution in [-0.2, 0) is 7.05 Å². The molecule has 1 aliphatic carbocycles. The summed E-state index contributed by atoms with van der Waals surface area (Å²) in [5.74, 6) is 2.15. The second kappa shape index (κ2) is 7.00. The lowest BCUT2D eigenvalue weighted by Gasteiger charge is -2.38. The zero-order valence-electron chi connectivity index (χ0n) is 15.1. The van der Waals surface area contributed by atoms with Crippen LogP contribution in [0.2, 0.25) is 0 Å². The first kappa shape index (κ1) is 16.9. The molecule has 0 saturated heterocycles.